The fourth-order valence-electron chi connectivity index (χ4n) is 5.20. The van der Waals surface area contributed by atoms with Crippen LogP contribution in [0.5, 0.6) is 0 Å². The number of amides is 1. The molecule has 210 valence electrons. The third-order valence-corrected chi connectivity index (χ3v) is 7.75. The maximum atomic E-state index is 13.9. The highest BCUT2D eigenvalue weighted by Crippen LogP contribution is 2.39. The minimum atomic E-state index is -0.335. The monoisotopic (exact) mass is 591 g/mol. The molecule has 0 bridgehead atoms. The van der Waals surface area contributed by atoms with Crippen LogP contribution < -0.4 is 5.32 Å². The van der Waals surface area contributed by atoms with E-state index in [9.17, 15) is 9.18 Å². The number of ether oxygens (including phenoxy) is 1. The van der Waals surface area contributed by atoms with Gasteiger partial charge in [-0.15, -0.1) is 0 Å². The van der Waals surface area contributed by atoms with E-state index in [1.807, 2.05) is 41.0 Å². The van der Waals surface area contributed by atoms with Crippen molar-refractivity contribution in [2.24, 2.45) is 0 Å². The summed E-state index contributed by atoms with van der Waals surface area (Å²) in [5.41, 5.74) is 4.96. The Kier molecular flexibility index (Phi) is 8.07. The number of aromatic nitrogens is 3. The van der Waals surface area contributed by atoms with Gasteiger partial charge in [0.1, 0.15) is 11.5 Å². The molecule has 0 unspecified atom stereocenters. The standard InChI is InChI=1S/C31H28Cl2FN5O2/c32-22-5-1-20(2-6-22)18-39-19-36-28(21-3-8-24(34)9-4-21)30(39)27-25-10-7-23(33)17-26(25)37-29(27)31(40)35-11-12-38-13-15-41-16-14-38/h1-10,17,19,37H,11-16,18H2,(H,35,40). The van der Waals surface area contributed by atoms with Crippen LogP contribution in [0.25, 0.3) is 33.4 Å². The highest BCUT2D eigenvalue weighted by Gasteiger charge is 2.26. The molecule has 1 fully saturated rings. The van der Waals surface area contributed by atoms with E-state index in [1.54, 1.807) is 24.5 Å². The van der Waals surface area contributed by atoms with Crippen LogP contribution in [0.3, 0.4) is 0 Å². The van der Waals surface area contributed by atoms with Gasteiger partial charge in [-0.2, -0.15) is 0 Å². The Labute approximate surface area is 246 Å². The van der Waals surface area contributed by atoms with Crippen molar-refractivity contribution >= 4 is 40.0 Å². The van der Waals surface area contributed by atoms with Gasteiger partial charge in [0, 0.05) is 64.8 Å². The molecule has 0 saturated carbocycles. The van der Waals surface area contributed by atoms with E-state index in [2.05, 4.69) is 15.2 Å². The van der Waals surface area contributed by atoms with E-state index in [4.69, 9.17) is 32.9 Å². The van der Waals surface area contributed by atoms with Gasteiger partial charge in [0.05, 0.1) is 30.9 Å². The fraction of sp³-hybridized carbons (Fsp3) is 0.226. The highest BCUT2D eigenvalue weighted by molar-refractivity contribution is 6.31. The number of rotatable bonds is 8. The number of imidazole rings is 1. The Morgan fingerprint density at radius 2 is 1.73 bits per heavy atom. The number of nitrogens with zero attached hydrogens (tertiary/aromatic N) is 3. The summed E-state index contributed by atoms with van der Waals surface area (Å²) in [6, 6.07) is 19.3. The second kappa shape index (κ2) is 12.0. The molecule has 0 radical (unpaired) electrons. The number of benzene rings is 3. The number of morpholine rings is 1. The van der Waals surface area contributed by atoms with Gasteiger partial charge in [0.25, 0.3) is 5.91 Å². The quantitative estimate of drug-likeness (QED) is 0.223. The molecular formula is C31H28Cl2FN5O2. The van der Waals surface area contributed by atoms with Crippen LogP contribution in [0.1, 0.15) is 16.1 Å². The second-order valence-corrected chi connectivity index (χ2v) is 10.9. The molecule has 2 aromatic heterocycles. The molecule has 0 atom stereocenters. The number of nitrogens with one attached hydrogen (secondary N) is 2. The zero-order valence-corrected chi connectivity index (χ0v) is 23.7. The van der Waals surface area contributed by atoms with Gasteiger partial charge in [-0.3, -0.25) is 9.69 Å². The lowest BCUT2D eigenvalue weighted by molar-refractivity contribution is 0.0383. The number of carbonyl (C=O) groups is 1. The van der Waals surface area contributed by atoms with Crippen LogP contribution in [-0.4, -0.2) is 64.7 Å². The number of hydrogen-bond acceptors (Lipinski definition) is 4. The summed E-state index contributed by atoms with van der Waals surface area (Å²) in [5.74, 6) is -0.567. The normalized spacial score (nSPS) is 14.0. The van der Waals surface area contributed by atoms with Crippen LogP contribution in [0, 0.1) is 5.82 Å². The van der Waals surface area contributed by atoms with Crippen LogP contribution in [0.4, 0.5) is 4.39 Å². The van der Waals surface area contributed by atoms with Crippen molar-refractivity contribution in [1.82, 2.24) is 24.8 Å². The molecular weight excluding hydrogens is 564 g/mol. The lowest BCUT2D eigenvalue weighted by Gasteiger charge is -2.26. The summed E-state index contributed by atoms with van der Waals surface area (Å²) in [7, 11) is 0. The third kappa shape index (κ3) is 6.01. The minimum Gasteiger partial charge on any atom is -0.379 e. The van der Waals surface area contributed by atoms with Crippen LogP contribution in [0.15, 0.2) is 73.1 Å². The van der Waals surface area contributed by atoms with E-state index >= 15 is 0 Å². The average Bonchev–Trinajstić information content (AvgIpc) is 3.55. The lowest BCUT2D eigenvalue weighted by Crippen LogP contribution is -2.41. The van der Waals surface area contributed by atoms with Gasteiger partial charge in [-0.1, -0.05) is 41.4 Å². The zero-order chi connectivity index (χ0) is 28.3. The van der Waals surface area contributed by atoms with Crippen molar-refractivity contribution in [3.05, 3.63) is 100 Å². The maximum absolute atomic E-state index is 13.9. The van der Waals surface area contributed by atoms with Crippen molar-refractivity contribution in [2.45, 2.75) is 6.54 Å². The molecule has 1 saturated heterocycles. The van der Waals surface area contributed by atoms with E-state index in [0.717, 1.165) is 47.4 Å². The first-order valence-electron chi connectivity index (χ1n) is 13.4. The molecule has 41 heavy (non-hydrogen) atoms. The van der Waals surface area contributed by atoms with Crippen LogP contribution in [0.2, 0.25) is 10.0 Å². The number of hydrogen-bond donors (Lipinski definition) is 2. The summed E-state index contributed by atoms with van der Waals surface area (Å²) in [6.45, 7) is 4.79. The maximum Gasteiger partial charge on any atom is 0.268 e. The number of fused-ring (bicyclic) bond motifs is 1. The molecule has 0 spiro atoms. The summed E-state index contributed by atoms with van der Waals surface area (Å²) in [4.78, 5) is 24.1. The molecule has 1 aliphatic rings. The van der Waals surface area contributed by atoms with Crippen LogP contribution >= 0.6 is 23.2 Å². The fourth-order valence-corrected chi connectivity index (χ4v) is 5.49. The lowest BCUT2D eigenvalue weighted by atomic mass is 10.0. The molecule has 2 N–H and O–H groups in total. The van der Waals surface area contributed by atoms with Gasteiger partial charge in [-0.25, -0.2) is 9.37 Å². The first kappa shape index (κ1) is 27.5. The van der Waals surface area contributed by atoms with Gasteiger partial charge in [0.15, 0.2) is 0 Å². The Morgan fingerprint density at radius 1 is 1.00 bits per heavy atom. The predicted molar refractivity (Wildman–Crippen MR) is 160 cm³/mol. The predicted octanol–water partition coefficient (Wildman–Crippen LogP) is 6.25. The van der Waals surface area contributed by atoms with Gasteiger partial charge in [0.2, 0.25) is 0 Å². The second-order valence-electron chi connectivity index (χ2n) is 9.98. The molecule has 6 rings (SSSR count). The van der Waals surface area contributed by atoms with Crippen molar-refractivity contribution in [3.63, 3.8) is 0 Å². The smallest absolute Gasteiger partial charge is 0.268 e. The number of carbonyl (C=O) groups excluding carboxylic acids is 1. The van der Waals surface area contributed by atoms with Crippen LogP contribution in [-0.2, 0) is 11.3 Å². The first-order chi connectivity index (χ1) is 20.0. The largest absolute Gasteiger partial charge is 0.379 e. The summed E-state index contributed by atoms with van der Waals surface area (Å²) in [6.07, 6.45) is 1.75. The SMILES string of the molecule is O=C(NCCN1CCOCC1)c1[nH]c2cc(Cl)ccc2c1-c1c(-c2ccc(F)cc2)ncn1Cc1ccc(Cl)cc1. The van der Waals surface area contributed by atoms with Crippen molar-refractivity contribution in [1.29, 1.82) is 0 Å². The van der Waals surface area contributed by atoms with E-state index in [1.165, 1.54) is 12.1 Å². The minimum absolute atomic E-state index is 0.232. The molecule has 5 aromatic rings. The highest BCUT2D eigenvalue weighted by atomic mass is 35.5. The van der Waals surface area contributed by atoms with Gasteiger partial charge >= 0.3 is 0 Å². The molecule has 7 nitrogen and oxygen atoms in total. The van der Waals surface area contributed by atoms with E-state index in [-0.39, 0.29) is 11.7 Å². The first-order valence-corrected chi connectivity index (χ1v) is 14.2. The molecule has 1 aliphatic heterocycles. The summed E-state index contributed by atoms with van der Waals surface area (Å²) in [5, 5.41) is 5.12. The Bertz CT molecular complexity index is 1680. The number of aromatic amines is 1. The Morgan fingerprint density at radius 3 is 2.49 bits per heavy atom. The third-order valence-electron chi connectivity index (χ3n) is 7.26. The van der Waals surface area contributed by atoms with E-state index in [0.29, 0.717) is 53.3 Å². The Balaban J connectivity index is 1.45. The van der Waals surface area contributed by atoms with E-state index < -0.39 is 0 Å². The van der Waals surface area contributed by atoms with Crippen molar-refractivity contribution in [3.8, 4) is 22.5 Å². The van der Waals surface area contributed by atoms with Gasteiger partial charge in [-0.05, 0) is 54.1 Å². The van der Waals surface area contributed by atoms with Crippen molar-refractivity contribution < 1.29 is 13.9 Å². The van der Waals surface area contributed by atoms with Gasteiger partial charge < -0.3 is 19.6 Å². The molecule has 3 aromatic carbocycles. The number of halogens is 3. The topological polar surface area (TPSA) is 75.2 Å². The average molecular weight is 593 g/mol. The molecule has 10 heteroatoms. The van der Waals surface area contributed by atoms with Crippen molar-refractivity contribution in [2.75, 3.05) is 39.4 Å². The summed E-state index contributed by atoms with van der Waals surface area (Å²) >= 11 is 12.5. The molecule has 1 amide bonds. The Hall–Kier alpha value is -3.69. The number of H-pyrrole nitrogens is 1. The molecule has 3 heterocycles. The zero-order valence-electron chi connectivity index (χ0n) is 22.2. The molecule has 0 aliphatic carbocycles. The summed E-state index contributed by atoms with van der Waals surface area (Å²) < 4.78 is 21.3.